The van der Waals surface area contributed by atoms with E-state index in [-0.39, 0.29) is 0 Å². The smallest absolute Gasteiger partial charge is 0.191 e. The molecule has 7 heteroatoms. The molecule has 1 unspecified atom stereocenters. The van der Waals surface area contributed by atoms with Crippen molar-refractivity contribution in [1.82, 2.24) is 20.4 Å². The van der Waals surface area contributed by atoms with Crippen LogP contribution in [0.25, 0.3) is 0 Å². The highest BCUT2D eigenvalue weighted by Gasteiger charge is 2.22. The number of aliphatic imine (C=N–C) groups is 1. The maximum atomic E-state index is 4.79. The molecule has 0 spiro atoms. The van der Waals surface area contributed by atoms with E-state index >= 15 is 0 Å². The summed E-state index contributed by atoms with van der Waals surface area (Å²) in [5.74, 6) is 1.50. The Morgan fingerprint density at radius 3 is 2.64 bits per heavy atom. The van der Waals surface area contributed by atoms with Gasteiger partial charge in [-0.15, -0.1) is 0 Å². The van der Waals surface area contributed by atoms with Gasteiger partial charge in [-0.3, -0.25) is 4.68 Å². The highest BCUT2D eigenvalue weighted by Crippen LogP contribution is 2.25. The number of rotatable bonds is 6. The molecule has 1 fully saturated rings. The highest BCUT2D eigenvalue weighted by atomic mass is 79.9. The first kappa shape index (κ1) is 20.7. The largest absolute Gasteiger partial charge is 0.371 e. The Bertz CT molecular complexity index is 811. The van der Waals surface area contributed by atoms with Crippen LogP contribution in [0.3, 0.4) is 0 Å². The maximum Gasteiger partial charge on any atom is 0.191 e. The van der Waals surface area contributed by atoms with Crippen molar-refractivity contribution in [2.75, 3.05) is 31.1 Å². The Morgan fingerprint density at radius 1 is 1.25 bits per heavy atom. The second-order valence-electron chi connectivity index (χ2n) is 7.43. The molecule has 0 radical (unpaired) electrons. The molecule has 152 valence electrons. The van der Waals surface area contributed by atoms with E-state index in [2.05, 4.69) is 74.7 Å². The zero-order valence-corrected chi connectivity index (χ0v) is 18.9. The molecular weight excluding hydrogens is 416 g/mol. The van der Waals surface area contributed by atoms with Crippen LogP contribution in [0.4, 0.5) is 5.69 Å². The van der Waals surface area contributed by atoms with Gasteiger partial charge in [0.25, 0.3) is 0 Å². The predicted molar refractivity (Wildman–Crippen MR) is 120 cm³/mol. The first-order valence-electron chi connectivity index (χ1n) is 9.99. The van der Waals surface area contributed by atoms with Gasteiger partial charge in [-0.1, -0.05) is 15.9 Å². The number of nitrogens with one attached hydrogen (secondary N) is 2. The molecule has 28 heavy (non-hydrogen) atoms. The summed E-state index contributed by atoms with van der Waals surface area (Å²) in [5, 5.41) is 11.4. The normalized spacial score (nSPS) is 17.2. The fourth-order valence-corrected chi connectivity index (χ4v) is 3.94. The minimum Gasteiger partial charge on any atom is -0.371 e. The minimum absolute atomic E-state index is 0.620. The van der Waals surface area contributed by atoms with E-state index in [0.29, 0.717) is 12.5 Å². The molecule has 1 aliphatic heterocycles. The van der Waals surface area contributed by atoms with Crippen molar-refractivity contribution in [1.29, 1.82) is 0 Å². The van der Waals surface area contributed by atoms with Gasteiger partial charge in [0.05, 0.1) is 12.2 Å². The van der Waals surface area contributed by atoms with E-state index < -0.39 is 0 Å². The monoisotopic (exact) mass is 446 g/mol. The molecule has 0 aliphatic carbocycles. The van der Waals surface area contributed by atoms with Crippen molar-refractivity contribution < 1.29 is 0 Å². The zero-order chi connectivity index (χ0) is 20.1. The average Bonchev–Trinajstić information content (AvgIpc) is 3.24. The molecule has 1 aromatic heterocycles. The van der Waals surface area contributed by atoms with Gasteiger partial charge in [0.15, 0.2) is 5.96 Å². The SMILES string of the molecule is CCNC(=NCc1c(C)nn(C)c1C)NCC1CCN(c2ccc(Br)cc2)C1. The van der Waals surface area contributed by atoms with Crippen LogP contribution in [0.1, 0.15) is 30.3 Å². The van der Waals surface area contributed by atoms with Gasteiger partial charge in [0.2, 0.25) is 0 Å². The molecule has 2 N–H and O–H groups in total. The molecule has 2 aromatic rings. The topological polar surface area (TPSA) is 57.5 Å². The summed E-state index contributed by atoms with van der Waals surface area (Å²) in [6.45, 7) is 10.9. The van der Waals surface area contributed by atoms with E-state index in [1.165, 1.54) is 23.4 Å². The summed E-state index contributed by atoms with van der Waals surface area (Å²) in [6, 6.07) is 8.59. The number of benzene rings is 1. The van der Waals surface area contributed by atoms with Crippen molar-refractivity contribution in [3.8, 4) is 0 Å². The summed E-state index contributed by atoms with van der Waals surface area (Å²) >= 11 is 3.51. The van der Waals surface area contributed by atoms with Crippen LogP contribution in [0.5, 0.6) is 0 Å². The third-order valence-corrected chi connectivity index (χ3v) is 5.96. The second-order valence-corrected chi connectivity index (χ2v) is 8.34. The van der Waals surface area contributed by atoms with E-state index in [0.717, 1.165) is 42.3 Å². The minimum atomic E-state index is 0.620. The second kappa shape index (κ2) is 9.45. The first-order valence-corrected chi connectivity index (χ1v) is 10.8. The molecule has 1 saturated heterocycles. The third kappa shape index (κ3) is 5.07. The molecular formula is C21H31BrN6. The van der Waals surface area contributed by atoms with Gasteiger partial charge in [-0.2, -0.15) is 5.10 Å². The number of aryl methyl sites for hydroxylation is 2. The summed E-state index contributed by atoms with van der Waals surface area (Å²) in [4.78, 5) is 7.25. The summed E-state index contributed by atoms with van der Waals surface area (Å²) in [7, 11) is 1.98. The van der Waals surface area contributed by atoms with Gasteiger partial charge in [0.1, 0.15) is 0 Å². The molecule has 1 aromatic carbocycles. The lowest BCUT2D eigenvalue weighted by atomic mass is 10.1. The molecule has 6 nitrogen and oxygen atoms in total. The van der Waals surface area contributed by atoms with Crippen molar-refractivity contribution in [3.05, 3.63) is 45.7 Å². The van der Waals surface area contributed by atoms with Gasteiger partial charge >= 0.3 is 0 Å². The fraction of sp³-hybridized carbons (Fsp3) is 0.524. The Balaban J connectivity index is 1.55. The number of anilines is 1. The lowest BCUT2D eigenvalue weighted by Gasteiger charge is -2.19. The number of hydrogen-bond donors (Lipinski definition) is 2. The maximum absolute atomic E-state index is 4.79. The first-order chi connectivity index (χ1) is 13.5. The van der Waals surface area contributed by atoms with Gasteiger partial charge < -0.3 is 15.5 Å². The molecule has 0 bridgehead atoms. The van der Waals surface area contributed by atoms with Crippen molar-refractivity contribution >= 4 is 27.6 Å². The number of halogens is 1. The molecule has 3 rings (SSSR count). The molecule has 2 heterocycles. The molecule has 0 amide bonds. The number of aromatic nitrogens is 2. The molecule has 1 atom stereocenters. The van der Waals surface area contributed by atoms with Crippen LogP contribution >= 0.6 is 15.9 Å². The van der Waals surface area contributed by atoms with Crippen LogP contribution in [-0.4, -0.2) is 41.9 Å². The van der Waals surface area contributed by atoms with Gasteiger partial charge in [-0.25, -0.2) is 4.99 Å². The Morgan fingerprint density at radius 2 is 2.00 bits per heavy atom. The van der Waals surface area contributed by atoms with Crippen LogP contribution < -0.4 is 15.5 Å². The zero-order valence-electron chi connectivity index (χ0n) is 17.3. The lowest BCUT2D eigenvalue weighted by molar-refractivity contribution is 0.566. The van der Waals surface area contributed by atoms with Crippen LogP contribution in [0, 0.1) is 19.8 Å². The fourth-order valence-electron chi connectivity index (χ4n) is 3.67. The Labute approximate surface area is 176 Å². The third-order valence-electron chi connectivity index (χ3n) is 5.43. The Kier molecular flexibility index (Phi) is 6.99. The molecule has 0 saturated carbocycles. The van der Waals surface area contributed by atoms with Crippen molar-refractivity contribution in [2.24, 2.45) is 18.0 Å². The van der Waals surface area contributed by atoms with Crippen molar-refractivity contribution in [2.45, 2.75) is 33.7 Å². The quantitative estimate of drug-likeness (QED) is 0.527. The summed E-state index contributed by atoms with van der Waals surface area (Å²) < 4.78 is 3.05. The summed E-state index contributed by atoms with van der Waals surface area (Å²) in [5.41, 5.74) is 4.74. The van der Waals surface area contributed by atoms with Crippen molar-refractivity contribution in [3.63, 3.8) is 0 Å². The highest BCUT2D eigenvalue weighted by molar-refractivity contribution is 9.10. The lowest BCUT2D eigenvalue weighted by Crippen LogP contribution is -2.40. The standard InChI is InChI=1S/C21H31BrN6/c1-5-23-21(25-13-20-15(2)26-27(4)16(20)3)24-12-17-10-11-28(14-17)19-8-6-18(22)7-9-19/h6-9,17H,5,10-14H2,1-4H3,(H2,23,24,25). The van der Waals surface area contributed by atoms with Gasteiger partial charge in [-0.05, 0) is 57.4 Å². The number of guanidine groups is 1. The number of nitrogens with zero attached hydrogens (tertiary/aromatic N) is 4. The van der Waals surface area contributed by atoms with Crippen LogP contribution in [0.2, 0.25) is 0 Å². The molecule has 1 aliphatic rings. The van der Waals surface area contributed by atoms with E-state index in [9.17, 15) is 0 Å². The van der Waals surface area contributed by atoms with Crippen LogP contribution in [-0.2, 0) is 13.6 Å². The summed E-state index contributed by atoms with van der Waals surface area (Å²) in [6.07, 6.45) is 1.20. The average molecular weight is 447 g/mol. The van der Waals surface area contributed by atoms with E-state index in [4.69, 9.17) is 4.99 Å². The van der Waals surface area contributed by atoms with E-state index in [1.54, 1.807) is 0 Å². The van der Waals surface area contributed by atoms with Gasteiger partial charge in [0, 0.05) is 54.6 Å². The predicted octanol–water partition coefficient (Wildman–Crippen LogP) is 3.38. The Hall–Kier alpha value is -2.02. The number of hydrogen-bond acceptors (Lipinski definition) is 3. The van der Waals surface area contributed by atoms with E-state index in [1.807, 2.05) is 18.7 Å². The van der Waals surface area contributed by atoms with Crippen LogP contribution in [0.15, 0.2) is 33.7 Å².